The van der Waals surface area contributed by atoms with Crippen LogP contribution in [0.2, 0.25) is 13.1 Å². The Hall–Kier alpha value is -2.37. The number of carbonyl (C=O) groups excluding carboxylic acids is 1. The molecule has 5 heteroatoms. The number of esters is 1. The first-order valence-electron chi connectivity index (χ1n) is 10.4. The molecular formula is C25H34O4Si. The van der Waals surface area contributed by atoms with Gasteiger partial charge in [0.15, 0.2) is 9.04 Å². The fourth-order valence-corrected chi connectivity index (χ4v) is 4.47. The van der Waals surface area contributed by atoms with Crippen LogP contribution in [-0.2, 0) is 20.4 Å². The Balaban J connectivity index is 2.44. The lowest BCUT2D eigenvalue weighted by atomic mass is 9.84. The van der Waals surface area contributed by atoms with E-state index in [2.05, 4.69) is 46.5 Å². The van der Waals surface area contributed by atoms with Gasteiger partial charge in [-0.3, -0.25) is 0 Å². The van der Waals surface area contributed by atoms with Crippen molar-refractivity contribution in [1.29, 1.82) is 0 Å². The zero-order chi connectivity index (χ0) is 22.3. The molecule has 0 heterocycles. The minimum atomic E-state index is -1.24. The summed E-state index contributed by atoms with van der Waals surface area (Å²) in [5, 5.41) is 0. The standard InChI is InChI=1S/C25H34O4Si/c1-8-12-19-17-20(23(25(2,3)4)29-30(6)7)15-16-21(19)28-22(24(26)27-5)18-13-10-9-11-14-18/h8-11,13-17,22-23,30H,1,12H2,2-7H3. The molecule has 0 saturated carbocycles. The van der Waals surface area contributed by atoms with E-state index in [1.165, 1.54) is 7.11 Å². The van der Waals surface area contributed by atoms with Crippen LogP contribution in [0.25, 0.3) is 0 Å². The van der Waals surface area contributed by atoms with Crippen molar-refractivity contribution in [3.63, 3.8) is 0 Å². The number of allylic oxidation sites excluding steroid dienone is 1. The second-order valence-corrected chi connectivity index (χ2v) is 11.1. The van der Waals surface area contributed by atoms with Gasteiger partial charge in [-0.2, -0.15) is 0 Å². The summed E-state index contributed by atoms with van der Waals surface area (Å²) in [6.45, 7) is 14.8. The van der Waals surface area contributed by atoms with Gasteiger partial charge in [0.1, 0.15) is 5.75 Å². The Kier molecular flexibility index (Phi) is 8.44. The quantitative estimate of drug-likeness (QED) is 0.289. The molecule has 2 aromatic carbocycles. The molecule has 2 aromatic rings. The first-order valence-corrected chi connectivity index (χ1v) is 13.1. The van der Waals surface area contributed by atoms with Crippen LogP contribution in [0.3, 0.4) is 0 Å². The third-order valence-corrected chi connectivity index (χ3v) is 5.53. The van der Waals surface area contributed by atoms with Gasteiger partial charge in [-0.1, -0.05) is 63.2 Å². The molecule has 4 nitrogen and oxygen atoms in total. The molecule has 162 valence electrons. The molecule has 0 saturated heterocycles. The molecule has 0 amide bonds. The summed E-state index contributed by atoms with van der Waals surface area (Å²) in [6, 6.07) is 15.5. The third-order valence-electron chi connectivity index (χ3n) is 4.71. The molecule has 0 N–H and O–H groups in total. The van der Waals surface area contributed by atoms with Crippen LogP contribution in [0, 0.1) is 5.41 Å². The zero-order valence-corrected chi connectivity index (χ0v) is 20.1. The Morgan fingerprint density at radius 1 is 1.10 bits per heavy atom. The van der Waals surface area contributed by atoms with E-state index in [1.807, 2.05) is 48.5 Å². The summed E-state index contributed by atoms with van der Waals surface area (Å²) in [6.07, 6.45) is 1.63. The van der Waals surface area contributed by atoms with Crippen molar-refractivity contribution < 1.29 is 18.7 Å². The number of carbonyl (C=O) groups is 1. The highest BCUT2D eigenvalue weighted by Gasteiger charge is 2.29. The van der Waals surface area contributed by atoms with E-state index in [-0.39, 0.29) is 11.5 Å². The Labute approximate surface area is 182 Å². The summed E-state index contributed by atoms with van der Waals surface area (Å²) in [4.78, 5) is 12.4. The summed E-state index contributed by atoms with van der Waals surface area (Å²) in [7, 11) is 0.134. The van der Waals surface area contributed by atoms with Crippen LogP contribution in [0.5, 0.6) is 5.75 Å². The van der Waals surface area contributed by atoms with Gasteiger partial charge < -0.3 is 13.9 Å². The van der Waals surface area contributed by atoms with E-state index in [0.717, 1.165) is 16.7 Å². The smallest absolute Gasteiger partial charge is 0.351 e. The fraction of sp³-hybridized carbons (Fsp3) is 0.400. The zero-order valence-electron chi connectivity index (χ0n) is 19.0. The molecule has 0 aliphatic heterocycles. The average Bonchev–Trinajstić information content (AvgIpc) is 2.70. The van der Waals surface area contributed by atoms with Crippen molar-refractivity contribution in [2.24, 2.45) is 5.41 Å². The van der Waals surface area contributed by atoms with Crippen molar-refractivity contribution >= 4 is 15.0 Å². The van der Waals surface area contributed by atoms with Crippen molar-refractivity contribution in [3.8, 4) is 5.75 Å². The van der Waals surface area contributed by atoms with Gasteiger partial charge in [0.05, 0.1) is 13.2 Å². The second-order valence-electron chi connectivity index (χ2n) is 8.72. The first kappa shape index (κ1) is 23.9. The summed E-state index contributed by atoms with van der Waals surface area (Å²) in [5.41, 5.74) is 2.79. The molecule has 0 aliphatic rings. The summed E-state index contributed by atoms with van der Waals surface area (Å²) < 4.78 is 17.6. The Bertz CT molecular complexity index is 840. The number of rotatable bonds is 9. The normalized spacial score (nSPS) is 13.6. The van der Waals surface area contributed by atoms with Crippen molar-refractivity contribution in [2.45, 2.75) is 52.5 Å². The molecule has 0 radical (unpaired) electrons. The van der Waals surface area contributed by atoms with Crippen LogP contribution >= 0.6 is 0 Å². The molecule has 0 aromatic heterocycles. The number of hydrogen-bond acceptors (Lipinski definition) is 4. The third kappa shape index (κ3) is 6.31. The van der Waals surface area contributed by atoms with Gasteiger partial charge >= 0.3 is 5.97 Å². The van der Waals surface area contributed by atoms with Crippen molar-refractivity contribution in [2.75, 3.05) is 7.11 Å². The largest absolute Gasteiger partial charge is 0.474 e. The SMILES string of the molecule is C=CCc1cc(C(O[SiH](C)C)C(C)(C)C)ccc1OC(C(=O)OC)c1ccccc1. The number of ether oxygens (including phenoxy) is 2. The van der Waals surface area contributed by atoms with Gasteiger partial charge in [0.25, 0.3) is 0 Å². The van der Waals surface area contributed by atoms with E-state index < -0.39 is 21.1 Å². The lowest BCUT2D eigenvalue weighted by molar-refractivity contribution is -0.149. The molecule has 30 heavy (non-hydrogen) atoms. The predicted octanol–water partition coefficient (Wildman–Crippen LogP) is 5.80. The first-order chi connectivity index (χ1) is 14.2. The van der Waals surface area contributed by atoms with Gasteiger partial charge in [-0.15, -0.1) is 6.58 Å². The van der Waals surface area contributed by atoms with Crippen LogP contribution in [-0.4, -0.2) is 22.1 Å². The highest BCUT2D eigenvalue weighted by Crippen LogP contribution is 2.39. The maximum absolute atomic E-state index is 12.4. The lowest BCUT2D eigenvalue weighted by Crippen LogP contribution is -2.26. The highest BCUT2D eigenvalue weighted by molar-refractivity contribution is 6.48. The molecule has 0 aliphatic carbocycles. The molecule has 0 fully saturated rings. The van der Waals surface area contributed by atoms with Gasteiger partial charge in [-0.05, 0) is 48.2 Å². The number of methoxy groups -OCH3 is 1. The molecule has 0 spiro atoms. The monoisotopic (exact) mass is 426 g/mol. The summed E-state index contributed by atoms with van der Waals surface area (Å²) in [5.74, 6) is 0.212. The fourth-order valence-electron chi connectivity index (χ4n) is 3.36. The van der Waals surface area contributed by atoms with E-state index in [4.69, 9.17) is 13.9 Å². The molecule has 2 rings (SSSR count). The van der Waals surface area contributed by atoms with E-state index >= 15 is 0 Å². The van der Waals surface area contributed by atoms with Crippen LogP contribution in [0.1, 0.15) is 49.7 Å². The van der Waals surface area contributed by atoms with Crippen LogP contribution in [0.15, 0.2) is 61.2 Å². The van der Waals surface area contributed by atoms with E-state index in [9.17, 15) is 4.79 Å². The molecule has 0 bridgehead atoms. The van der Waals surface area contributed by atoms with Crippen LogP contribution in [0.4, 0.5) is 0 Å². The summed E-state index contributed by atoms with van der Waals surface area (Å²) >= 11 is 0. The Morgan fingerprint density at radius 3 is 2.30 bits per heavy atom. The number of benzene rings is 2. The number of hydrogen-bond donors (Lipinski definition) is 0. The molecular weight excluding hydrogens is 392 g/mol. The van der Waals surface area contributed by atoms with Gasteiger partial charge in [0, 0.05) is 5.56 Å². The topological polar surface area (TPSA) is 44.8 Å². The van der Waals surface area contributed by atoms with Crippen molar-refractivity contribution in [3.05, 3.63) is 77.9 Å². The van der Waals surface area contributed by atoms with E-state index in [0.29, 0.717) is 12.2 Å². The van der Waals surface area contributed by atoms with Crippen molar-refractivity contribution in [1.82, 2.24) is 0 Å². The van der Waals surface area contributed by atoms with E-state index in [1.54, 1.807) is 0 Å². The molecule has 2 atom stereocenters. The minimum Gasteiger partial charge on any atom is -0.474 e. The Morgan fingerprint density at radius 2 is 1.77 bits per heavy atom. The minimum absolute atomic E-state index is 0.00712. The van der Waals surface area contributed by atoms with Gasteiger partial charge in [0.2, 0.25) is 6.10 Å². The van der Waals surface area contributed by atoms with Gasteiger partial charge in [-0.25, -0.2) is 4.79 Å². The predicted molar refractivity (Wildman–Crippen MR) is 124 cm³/mol. The maximum atomic E-state index is 12.4. The molecule has 2 unspecified atom stereocenters. The highest BCUT2D eigenvalue weighted by atomic mass is 28.3. The average molecular weight is 427 g/mol. The lowest BCUT2D eigenvalue weighted by Gasteiger charge is -2.33. The van der Waals surface area contributed by atoms with Crippen LogP contribution < -0.4 is 4.74 Å². The maximum Gasteiger partial charge on any atom is 0.351 e. The second kappa shape index (κ2) is 10.6.